The zero-order chi connectivity index (χ0) is 24.8. The van der Waals surface area contributed by atoms with Crippen LogP contribution in [0.4, 0.5) is 11.4 Å². The van der Waals surface area contributed by atoms with Gasteiger partial charge in [-0.2, -0.15) is 5.10 Å². The molecule has 0 aliphatic heterocycles. The second kappa shape index (κ2) is 10.1. The fourth-order valence-electron chi connectivity index (χ4n) is 3.50. The van der Waals surface area contributed by atoms with E-state index in [0.29, 0.717) is 0 Å². The van der Waals surface area contributed by atoms with Gasteiger partial charge in [0.15, 0.2) is 0 Å². The highest BCUT2D eigenvalue weighted by Crippen LogP contribution is 2.26. The van der Waals surface area contributed by atoms with Gasteiger partial charge in [-0.25, -0.2) is 13.8 Å². The Morgan fingerprint density at radius 1 is 0.943 bits per heavy atom. The minimum atomic E-state index is -4.20. The molecule has 176 valence electrons. The van der Waals surface area contributed by atoms with Gasteiger partial charge in [0.2, 0.25) is 0 Å². The topological polar surface area (TPSA) is 122 Å². The smallest absolute Gasteiger partial charge is 0.271 e. The van der Waals surface area contributed by atoms with E-state index in [2.05, 4.69) is 10.5 Å². The van der Waals surface area contributed by atoms with Gasteiger partial charge >= 0.3 is 0 Å². The number of nitro groups is 1. The van der Waals surface area contributed by atoms with Crippen molar-refractivity contribution in [2.24, 2.45) is 5.10 Å². The van der Waals surface area contributed by atoms with Gasteiger partial charge in [-0.05, 0) is 29.0 Å². The highest BCUT2D eigenvalue weighted by atomic mass is 32.2. The number of nitrogens with zero attached hydrogens (tertiary/aromatic N) is 3. The van der Waals surface area contributed by atoms with E-state index in [0.717, 1.165) is 26.7 Å². The van der Waals surface area contributed by atoms with Crippen LogP contribution in [0.2, 0.25) is 0 Å². The number of benzene rings is 4. The molecule has 0 saturated carbocycles. The number of non-ortho nitro benzene ring substituents is 1. The number of hydrogen-bond acceptors (Lipinski definition) is 6. The molecule has 0 spiro atoms. The minimum Gasteiger partial charge on any atom is -0.271 e. The van der Waals surface area contributed by atoms with Crippen LogP contribution < -0.4 is 9.73 Å². The number of carbonyl (C=O) groups excluding carboxylic acids is 1. The van der Waals surface area contributed by atoms with Crippen LogP contribution in [0, 0.1) is 10.1 Å². The Labute approximate surface area is 201 Å². The molecule has 0 radical (unpaired) electrons. The van der Waals surface area contributed by atoms with Gasteiger partial charge in [0, 0.05) is 17.7 Å². The molecule has 0 heterocycles. The van der Waals surface area contributed by atoms with Crippen LogP contribution in [0.15, 0.2) is 107 Å². The zero-order valence-corrected chi connectivity index (χ0v) is 19.1. The lowest BCUT2D eigenvalue weighted by atomic mass is 10.1. The molecule has 35 heavy (non-hydrogen) atoms. The van der Waals surface area contributed by atoms with E-state index < -0.39 is 27.4 Å². The predicted molar refractivity (Wildman–Crippen MR) is 134 cm³/mol. The van der Waals surface area contributed by atoms with Crippen molar-refractivity contribution < 1.29 is 18.1 Å². The van der Waals surface area contributed by atoms with Crippen LogP contribution in [0.25, 0.3) is 10.8 Å². The average Bonchev–Trinajstić information content (AvgIpc) is 2.88. The van der Waals surface area contributed by atoms with Gasteiger partial charge in [-0.15, -0.1) is 0 Å². The van der Waals surface area contributed by atoms with Crippen molar-refractivity contribution in [1.82, 2.24) is 5.43 Å². The van der Waals surface area contributed by atoms with Crippen LogP contribution in [0.1, 0.15) is 5.56 Å². The quantitative estimate of drug-likeness (QED) is 0.227. The molecule has 0 aliphatic carbocycles. The Kier molecular flexibility index (Phi) is 6.83. The summed E-state index contributed by atoms with van der Waals surface area (Å²) in [6, 6.07) is 26.0. The first-order valence-electron chi connectivity index (χ1n) is 10.5. The van der Waals surface area contributed by atoms with Crippen molar-refractivity contribution in [2.75, 3.05) is 10.8 Å². The third kappa shape index (κ3) is 5.33. The van der Waals surface area contributed by atoms with Gasteiger partial charge < -0.3 is 0 Å². The molecule has 0 saturated heterocycles. The molecule has 4 aromatic carbocycles. The SMILES string of the molecule is O=C(CN(c1cccc([N+](=O)[O-])c1)S(=O)(=O)c1ccccc1)N/N=C\c1cccc2ccccc12. The first-order chi connectivity index (χ1) is 16.9. The fourth-order valence-corrected chi connectivity index (χ4v) is 4.93. The Balaban J connectivity index is 1.60. The highest BCUT2D eigenvalue weighted by molar-refractivity contribution is 7.92. The number of nitro benzene ring substituents is 1. The van der Waals surface area contributed by atoms with Crippen molar-refractivity contribution in [3.05, 3.63) is 113 Å². The van der Waals surface area contributed by atoms with Crippen molar-refractivity contribution in [3.8, 4) is 0 Å². The van der Waals surface area contributed by atoms with Gasteiger partial charge in [-0.3, -0.25) is 19.2 Å². The molecule has 9 nitrogen and oxygen atoms in total. The largest absolute Gasteiger partial charge is 0.271 e. The van der Waals surface area contributed by atoms with Gasteiger partial charge in [0.05, 0.1) is 21.7 Å². The molecule has 0 bridgehead atoms. The summed E-state index contributed by atoms with van der Waals surface area (Å²) in [4.78, 5) is 23.2. The Bertz CT molecular complexity index is 1520. The van der Waals surface area contributed by atoms with Crippen LogP contribution >= 0.6 is 0 Å². The molecular weight excluding hydrogens is 468 g/mol. The summed E-state index contributed by atoms with van der Waals surface area (Å²) in [5.41, 5.74) is 2.80. The zero-order valence-electron chi connectivity index (χ0n) is 18.3. The minimum absolute atomic E-state index is 0.0174. The van der Waals surface area contributed by atoms with Crippen LogP contribution in [-0.2, 0) is 14.8 Å². The summed E-state index contributed by atoms with van der Waals surface area (Å²) in [6.07, 6.45) is 1.48. The predicted octanol–water partition coefficient (Wildman–Crippen LogP) is 4.09. The summed E-state index contributed by atoms with van der Waals surface area (Å²) in [7, 11) is -4.20. The van der Waals surface area contributed by atoms with Gasteiger partial charge in [0.1, 0.15) is 6.54 Å². The standard InChI is InChI=1S/C25H20N4O5S/c30-25(27-26-17-20-10-6-9-19-8-4-5-15-24(19)20)18-28(21-11-7-12-22(16-21)29(31)32)35(33,34)23-13-2-1-3-14-23/h1-17H,18H2,(H,27,30)/b26-17-. The number of amides is 1. The molecule has 1 amide bonds. The van der Waals surface area contributed by atoms with E-state index in [1.807, 2.05) is 42.5 Å². The maximum atomic E-state index is 13.3. The second-order valence-corrected chi connectivity index (χ2v) is 9.33. The third-order valence-electron chi connectivity index (χ3n) is 5.16. The number of sulfonamides is 1. The second-order valence-electron chi connectivity index (χ2n) is 7.46. The number of hydrazone groups is 1. The Morgan fingerprint density at radius 2 is 1.63 bits per heavy atom. The van der Waals surface area contributed by atoms with E-state index in [4.69, 9.17) is 0 Å². The molecule has 0 aromatic heterocycles. The maximum Gasteiger partial charge on any atom is 0.271 e. The van der Waals surface area contributed by atoms with E-state index in [1.54, 1.807) is 18.2 Å². The molecule has 10 heteroatoms. The Morgan fingerprint density at radius 3 is 2.40 bits per heavy atom. The molecule has 4 rings (SSSR count). The van der Waals surface area contributed by atoms with Crippen molar-refractivity contribution in [2.45, 2.75) is 4.90 Å². The lowest BCUT2D eigenvalue weighted by molar-refractivity contribution is -0.384. The first-order valence-corrected chi connectivity index (χ1v) is 11.9. The van der Waals surface area contributed by atoms with Crippen molar-refractivity contribution in [3.63, 3.8) is 0 Å². The lowest BCUT2D eigenvalue weighted by Gasteiger charge is -2.23. The van der Waals surface area contributed by atoms with Crippen LogP contribution in [-0.4, -0.2) is 32.0 Å². The molecule has 0 unspecified atom stereocenters. The molecule has 0 aliphatic rings. The molecule has 0 atom stereocenters. The van der Waals surface area contributed by atoms with E-state index in [1.165, 1.54) is 36.5 Å². The Hall–Kier alpha value is -4.57. The van der Waals surface area contributed by atoms with E-state index in [9.17, 15) is 23.3 Å². The maximum absolute atomic E-state index is 13.3. The molecular formula is C25H20N4O5S. The summed E-state index contributed by atoms with van der Waals surface area (Å²) in [5, 5.41) is 17.2. The molecule has 0 fully saturated rings. The van der Waals surface area contributed by atoms with E-state index >= 15 is 0 Å². The van der Waals surface area contributed by atoms with Crippen molar-refractivity contribution >= 4 is 44.3 Å². The summed E-state index contributed by atoms with van der Waals surface area (Å²) < 4.78 is 27.5. The van der Waals surface area contributed by atoms with Gasteiger partial charge in [-0.1, -0.05) is 66.7 Å². The monoisotopic (exact) mass is 488 g/mol. The van der Waals surface area contributed by atoms with Crippen LogP contribution in [0.5, 0.6) is 0 Å². The lowest BCUT2D eigenvalue weighted by Crippen LogP contribution is -2.39. The van der Waals surface area contributed by atoms with Crippen LogP contribution in [0.3, 0.4) is 0 Å². The van der Waals surface area contributed by atoms with Gasteiger partial charge in [0.25, 0.3) is 21.6 Å². The third-order valence-corrected chi connectivity index (χ3v) is 6.95. The number of nitrogens with one attached hydrogen (secondary N) is 1. The van der Waals surface area contributed by atoms with Crippen molar-refractivity contribution in [1.29, 1.82) is 0 Å². The number of hydrogen-bond donors (Lipinski definition) is 1. The number of rotatable bonds is 8. The average molecular weight is 489 g/mol. The summed E-state index contributed by atoms with van der Waals surface area (Å²) in [5.74, 6) is -0.715. The normalized spacial score (nSPS) is 11.4. The fraction of sp³-hybridized carbons (Fsp3) is 0.0400. The molecule has 1 N–H and O–H groups in total. The molecule has 4 aromatic rings. The highest BCUT2D eigenvalue weighted by Gasteiger charge is 2.28. The first kappa shape index (κ1) is 23.6. The number of fused-ring (bicyclic) bond motifs is 1. The summed E-state index contributed by atoms with van der Waals surface area (Å²) in [6.45, 7) is -0.634. The van der Waals surface area contributed by atoms with E-state index in [-0.39, 0.29) is 16.3 Å². The summed E-state index contributed by atoms with van der Waals surface area (Å²) >= 11 is 0. The number of anilines is 1. The number of carbonyl (C=O) groups is 1.